The molecule has 0 bridgehead atoms. The molecule has 2 aliphatic heterocycles. The van der Waals surface area contributed by atoms with Gasteiger partial charge in [0.2, 0.25) is 11.8 Å². The molecule has 3 fully saturated rings. The van der Waals surface area contributed by atoms with E-state index in [1.54, 1.807) is 18.2 Å². The SMILES string of the molecule is COc1cccc(O)c1[C@H]1C2=CC[C@@H]3C(=O)N(c4ccc(N5CCOCC5)cc4)C(=O)[C@@H]3[C@@H]2C[C@H]2C(=O)C(c3ccccc3)=CC(=O)[C@@]12c1ccccc1. The van der Waals surface area contributed by atoms with Crippen molar-refractivity contribution < 1.29 is 33.8 Å². The number of allylic oxidation sites excluding steroid dienone is 4. The second-order valence-electron chi connectivity index (χ2n) is 14.8. The monoisotopic (exact) mass is 720 g/mol. The maximum absolute atomic E-state index is 15.3. The van der Waals surface area contributed by atoms with Gasteiger partial charge in [0.1, 0.15) is 11.5 Å². The molecule has 2 saturated heterocycles. The predicted octanol–water partition coefficient (Wildman–Crippen LogP) is 6.27. The van der Waals surface area contributed by atoms with E-state index in [9.17, 15) is 14.7 Å². The molecule has 0 unspecified atom stereocenters. The van der Waals surface area contributed by atoms with Crippen LogP contribution in [0.2, 0.25) is 0 Å². The van der Waals surface area contributed by atoms with E-state index in [2.05, 4.69) is 4.90 Å². The van der Waals surface area contributed by atoms with Crippen molar-refractivity contribution in [1.82, 2.24) is 0 Å². The Labute approximate surface area is 313 Å². The van der Waals surface area contributed by atoms with E-state index in [-0.39, 0.29) is 42.0 Å². The van der Waals surface area contributed by atoms with Gasteiger partial charge in [-0.3, -0.25) is 24.1 Å². The highest BCUT2D eigenvalue weighted by atomic mass is 16.5. The summed E-state index contributed by atoms with van der Waals surface area (Å²) in [5, 5.41) is 11.7. The quantitative estimate of drug-likeness (QED) is 0.183. The van der Waals surface area contributed by atoms with Crippen molar-refractivity contribution in [2.45, 2.75) is 24.2 Å². The third-order valence-corrected chi connectivity index (χ3v) is 12.4. The van der Waals surface area contributed by atoms with Crippen molar-refractivity contribution in [3.05, 3.63) is 138 Å². The number of benzene rings is 4. The maximum Gasteiger partial charge on any atom is 0.238 e. The van der Waals surface area contributed by atoms with E-state index < -0.39 is 35.0 Å². The van der Waals surface area contributed by atoms with Crippen LogP contribution in [0.1, 0.15) is 35.4 Å². The fraction of sp³-hybridized carbons (Fsp3) is 0.289. The summed E-state index contributed by atoms with van der Waals surface area (Å²) in [4.78, 5) is 63.0. The summed E-state index contributed by atoms with van der Waals surface area (Å²) >= 11 is 0. The van der Waals surface area contributed by atoms with Crippen molar-refractivity contribution in [3.63, 3.8) is 0 Å². The highest BCUT2D eigenvalue weighted by Gasteiger charge is 2.66. The number of hydrogen-bond donors (Lipinski definition) is 1. The number of nitrogens with zero attached hydrogens (tertiary/aromatic N) is 2. The van der Waals surface area contributed by atoms with E-state index >= 15 is 9.59 Å². The molecule has 3 aliphatic carbocycles. The minimum Gasteiger partial charge on any atom is -0.508 e. The predicted molar refractivity (Wildman–Crippen MR) is 203 cm³/mol. The van der Waals surface area contributed by atoms with Crippen LogP contribution in [0.4, 0.5) is 11.4 Å². The number of carbonyl (C=O) groups is 4. The highest BCUT2D eigenvalue weighted by Crippen LogP contribution is 2.65. The Bertz CT molecular complexity index is 2230. The van der Waals surface area contributed by atoms with Gasteiger partial charge >= 0.3 is 0 Å². The van der Waals surface area contributed by atoms with E-state index in [0.717, 1.165) is 24.4 Å². The van der Waals surface area contributed by atoms with E-state index in [1.807, 2.05) is 91.0 Å². The molecular formula is C45H40N2O7. The number of fused-ring (bicyclic) bond motifs is 4. The summed E-state index contributed by atoms with van der Waals surface area (Å²) < 4.78 is 11.4. The molecule has 1 saturated carbocycles. The number of phenolic OH excluding ortho intramolecular Hbond substituents is 1. The summed E-state index contributed by atoms with van der Waals surface area (Å²) in [6, 6.07) is 31.0. The molecule has 4 aromatic carbocycles. The number of imide groups is 1. The molecule has 4 aromatic rings. The van der Waals surface area contributed by atoms with Crippen molar-refractivity contribution in [2.75, 3.05) is 43.2 Å². The Morgan fingerprint density at radius 3 is 2.17 bits per heavy atom. The lowest BCUT2D eigenvalue weighted by molar-refractivity contribution is -0.135. The molecule has 6 atom stereocenters. The van der Waals surface area contributed by atoms with Gasteiger partial charge in [0, 0.05) is 41.7 Å². The smallest absolute Gasteiger partial charge is 0.238 e. The fourth-order valence-electron chi connectivity index (χ4n) is 10.1. The molecule has 0 spiro atoms. The molecule has 9 rings (SSSR count). The molecular weight excluding hydrogens is 681 g/mol. The number of ether oxygens (including phenoxy) is 2. The van der Waals surface area contributed by atoms with Crippen LogP contribution in [0.25, 0.3) is 5.57 Å². The second kappa shape index (κ2) is 13.2. The molecule has 54 heavy (non-hydrogen) atoms. The van der Waals surface area contributed by atoms with Gasteiger partial charge in [-0.1, -0.05) is 78.4 Å². The zero-order valence-electron chi connectivity index (χ0n) is 29.9. The molecule has 0 radical (unpaired) electrons. The van der Waals surface area contributed by atoms with Crippen molar-refractivity contribution in [1.29, 1.82) is 0 Å². The number of carbonyl (C=O) groups excluding carboxylic acids is 4. The lowest BCUT2D eigenvalue weighted by Crippen LogP contribution is -2.58. The normalized spacial score (nSPS) is 27.8. The number of hydrogen-bond acceptors (Lipinski definition) is 8. The van der Waals surface area contributed by atoms with Crippen LogP contribution >= 0.6 is 0 Å². The van der Waals surface area contributed by atoms with Crippen LogP contribution in [-0.2, 0) is 29.3 Å². The molecule has 2 heterocycles. The molecule has 1 N–H and O–H groups in total. The first-order valence-corrected chi connectivity index (χ1v) is 18.6. The standard InChI is InChI=1S/C45H40N2O7/c1-53-37-14-8-13-36(48)40(37)41-31-19-20-32-39(44(52)47(43(32)51)30-17-15-29(16-18-30)46-21-23-54-24-22-46)34(31)25-35-42(50)33(27-9-4-2-5-10-27)26-38(49)45(35,41)28-11-6-3-7-12-28/h2-19,26,32,34-35,39,41,48H,20-25H2,1H3/t32-,34+,35-,39-,41+,45-/m0/s1. The van der Waals surface area contributed by atoms with Crippen LogP contribution in [-0.4, -0.2) is 61.9 Å². The van der Waals surface area contributed by atoms with Crippen molar-refractivity contribution in [2.24, 2.45) is 23.7 Å². The largest absolute Gasteiger partial charge is 0.508 e. The zero-order chi connectivity index (χ0) is 37.1. The fourth-order valence-corrected chi connectivity index (χ4v) is 10.1. The third kappa shape index (κ3) is 5.01. The van der Waals surface area contributed by atoms with Crippen LogP contribution in [0.3, 0.4) is 0 Å². The average Bonchev–Trinajstić information content (AvgIpc) is 3.48. The van der Waals surface area contributed by atoms with Gasteiger partial charge in [-0.25, -0.2) is 0 Å². The molecule has 272 valence electrons. The maximum atomic E-state index is 15.3. The number of aromatic hydroxyl groups is 1. The lowest BCUT2D eigenvalue weighted by Gasteiger charge is -2.55. The van der Waals surface area contributed by atoms with E-state index in [4.69, 9.17) is 9.47 Å². The van der Waals surface area contributed by atoms with Gasteiger partial charge in [0.25, 0.3) is 0 Å². The average molecular weight is 721 g/mol. The van der Waals surface area contributed by atoms with Gasteiger partial charge in [0.15, 0.2) is 11.6 Å². The number of ketones is 2. The summed E-state index contributed by atoms with van der Waals surface area (Å²) in [7, 11) is 1.51. The van der Waals surface area contributed by atoms with Crippen LogP contribution in [0, 0.1) is 23.7 Å². The van der Waals surface area contributed by atoms with Gasteiger partial charge in [-0.15, -0.1) is 0 Å². The number of rotatable bonds is 6. The zero-order valence-corrected chi connectivity index (χ0v) is 29.9. The molecule has 9 heteroatoms. The van der Waals surface area contributed by atoms with Gasteiger partial charge in [-0.05, 0) is 72.4 Å². The van der Waals surface area contributed by atoms with Gasteiger partial charge in [0.05, 0.1) is 43.3 Å². The van der Waals surface area contributed by atoms with Crippen molar-refractivity contribution >= 4 is 40.3 Å². The number of anilines is 2. The second-order valence-corrected chi connectivity index (χ2v) is 14.8. The van der Waals surface area contributed by atoms with Crippen molar-refractivity contribution in [3.8, 4) is 11.5 Å². The summed E-state index contributed by atoms with van der Waals surface area (Å²) in [6.07, 6.45) is 3.91. The summed E-state index contributed by atoms with van der Waals surface area (Å²) in [5.74, 6) is -4.54. The van der Waals surface area contributed by atoms with Crippen LogP contribution < -0.4 is 14.5 Å². The Balaban J connectivity index is 1.21. The number of amides is 2. The van der Waals surface area contributed by atoms with Crippen LogP contribution in [0.15, 0.2) is 121 Å². The Hall–Kier alpha value is -5.80. The molecule has 0 aromatic heterocycles. The summed E-state index contributed by atoms with van der Waals surface area (Å²) in [5.41, 5.74) is 2.76. The number of phenols is 1. The Kier molecular flexibility index (Phi) is 8.34. The molecule has 5 aliphatic rings. The Morgan fingerprint density at radius 2 is 1.46 bits per heavy atom. The Morgan fingerprint density at radius 1 is 0.778 bits per heavy atom. The number of Topliss-reactive ketones (excluding diaryl/α,β-unsaturated/α-hetero) is 1. The van der Waals surface area contributed by atoms with E-state index in [1.165, 1.54) is 18.1 Å². The number of morpholine rings is 1. The number of methoxy groups -OCH3 is 1. The van der Waals surface area contributed by atoms with Gasteiger partial charge < -0.3 is 19.5 Å². The van der Waals surface area contributed by atoms with Gasteiger partial charge in [-0.2, -0.15) is 0 Å². The lowest BCUT2D eigenvalue weighted by atomic mass is 9.44. The molecule has 2 amide bonds. The topological polar surface area (TPSA) is 113 Å². The van der Waals surface area contributed by atoms with E-state index in [0.29, 0.717) is 46.9 Å². The first kappa shape index (κ1) is 34.0. The first-order valence-electron chi connectivity index (χ1n) is 18.6. The minimum atomic E-state index is -1.47. The molecule has 9 nitrogen and oxygen atoms in total. The van der Waals surface area contributed by atoms with Crippen LogP contribution in [0.5, 0.6) is 11.5 Å². The minimum absolute atomic E-state index is 0.0778. The summed E-state index contributed by atoms with van der Waals surface area (Å²) in [6.45, 7) is 2.81. The first-order chi connectivity index (χ1) is 26.3. The highest BCUT2D eigenvalue weighted by molar-refractivity contribution is 6.32. The third-order valence-electron chi connectivity index (χ3n) is 12.4.